The van der Waals surface area contributed by atoms with Gasteiger partial charge in [0.1, 0.15) is 11.5 Å². The first-order chi connectivity index (χ1) is 12.3. The molecule has 1 aliphatic heterocycles. The predicted molar refractivity (Wildman–Crippen MR) is 96.1 cm³/mol. The van der Waals surface area contributed by atoms with Crippen molar-refractivity contribution in [1.29, 1.82) is 0 Å². The van der Waals surface area contributed by atoms with Gasteiger partial charge in [-0.25, -0.2) is 4.52 Å². The molecule has 0 amide bonds. The van der Waals surface area contributed by atoms with Crippen molar-refractivity contribution in [2.75, 3.05) is 0 Å². The monoisotopic (exact) mass is 326 g/mol. The zero-order valence-electron chi connectivity index (χ0n) is 13.3. The van der Waals surface area contributed by atoms with E-state index in [0.29, 0.717) is 12.4 Å². The summed E-state index contributed by atoms with van der Waals surface area (Å²) < 4.78 is 1.87. The normalized spacial score (nSPS) is 13.0. The van der Waals surface area contributed by atoms with Gasteiger partial charge in [-0.05, 0) is 18.2 Å². The molecule has 0 spiro atoms. The summed E-state index contributed by atoms with van der Waals surface area (Å²) in [6.45, 7) is 0.495. The van der Waals surface area contributed by atoms with E-state index in [-0.39, 0.29) is 0 Å². The van der Waals surface area contributed by atoms with Crippen LogP contribution in [-0.4, -0.2) is 25.6 Å². The fraction of sp³-hybridized carbons (Fsp3) is 0.0526. The first-order valence-corrected chi connectivity index (χ1v) is 8.01. The second-order valence-electron chi connectivity index (χ2n) is 5.91. The number of amidine groups is 1. The Kier molecular flexibility index (Phi) is 2.90. The SMILES string of the molecule is NC1=NCc2nnc(-c3c(-c4ccccc4)nn4ccccc34)cc21. The van der Waals surface area contributed by atoms with E-state index in [9.17, 15) is 0 Å². The van der Waals surface area contributed by atoms with Gasteiger partial charge in [-0.3, -0.25) is 4.99 Å². The van der Waals surface area contributed by atoms with Gasteiger partial charge in [0.05, 0.1) is 29.0 Å². The maximum atomic E-state index is 5.99. The zero-order chi connectivity index (χ0) is 16.8. The number of hydrogen-bond donors (Lipinski definition) is 1. The van der Waals surface area contributed by atoms with Gasteiger partial charge in [0.2, 0.25) is 0 Å². The Morgan fingerprint density at radius 2 is 1.80 bits per heavy atom. The summed E-state index contributed by atoms with van der Waals surface area (Å²) in [5.74, 6) is 0.517. The molecule has 0 saturated carbocycles. The van der Waals surface area contributed by atoms with Crippen molar-refractivity contribution in [3.05, 3.63) is 72.1 Å². The van der Waals surface area contributed by atoms with E-state index in [1.807, 2.05) is 65.3 Å². The van der Waals surface area contributed by atoms with Crippen molar-refractivity contribution in [1.82, 2.24) is 19.8 Å². The lowest BCUT2D eigenvalue weighted by atomic mass is 10.0. The summed E-state index contributed by atoms with van der Waals surface area (Å²) in [4.78, 5) is 4.24. The second-order valence-corrected chi connectivity index (χ2v) is 5.91. The summed E-state index contributed by atoms with van der Waals surface area (Å²) in [5.41, 5.74) is 12.2. The molecular weight excluding hydrogens is 312 g/mol. The van der Waals surface area contributed by atoms with Gasteiger partial charge in [0.15, 0.2) is 0 Å². The molecule has 0 radical (unpaired) electrons. The van der Waals surface area contributed by atoms with Crippen molar-refractivity contribution in [3.8, 4) is 22.5 Å². The minimum Gasteiger partial charge on any atom is -0.383 e. The van der Waals surface area contributed by atoms with Crippen molar-refractivity contribution < 1.29 is 0 Å². The highest BCUT2D eigenvalue weighted by molar-refractivity contribution is 6.02. The Labute approximate surface area is 143 Å². The van der Waals surface area contributed by atoms with E-state index < -0.39 is 0 Å². The van der Waals surface area contributed by atoms with Crippen molar-refractivity contribution in [3.63, 3.8) is 0 Å². The predicted octanol–water partition coefficient (Wildman–Crippen LogP) is 2.68. The zero-order valence-corrected chi connectivity index (χ0v) is 13.3. The van der Waals surface area contributed by atoms with Crippen LogP contribution in [0, 0.1) is 0 Å². The molecule has 5 rings (SSSR count). The molecule has 1 aliphatic rings. The molecule has 0 bridgehead atoms. The fourth-order valence-electron chi connectivity index (χ4n) is 3.17. The maximum absolute atomic E-state index is 5.99. The molecule has 0 unspecified atom stereocenters. The molecule has 1 aromatic carbocycles. The van der Waals surface area contributed by atoms with Gasteiger partial charge in [0.25, 0.3) is 0 Å². The van der Waals surface area contributed by atoms with Crippen LogP contribution in [-0.2, 0) is 6.54 Å². The van der Waals surface area contributed by atoms with Crippen LogP contribution in [0.4, 0.5) is 0 Å². The Morgan fingerprint density at radius 3 is 2.68 bits per heavy atom. The number of pyridine rings is 1. The molecule has 4 aromatic rings. The summed E-state index contributed by atoms with van der Waals surface area (Å²) in [6, 6.07) is 18.0. The molecule has 0 atom stereocenters. The number of benzene rings is 1. The number of rotatable bonds is 2. The first kappa shape index (κ1) is 13.9. The van der Waals surface area contributed by atoms with Crippen LogP contribution >= 0.6 is 0 Å². The highest BCUT2D eigenvalue weighted by atomic mass is 15.2. The molecular formula is C19H14N6. The van der Waals surface area contributed by atoms with Crippen LogP contribution < -0.4 is 5.73 Å². The smallest absolute Gasteiger partial charge is 0.128 e. The summed E-state index contributed by atoms with van der Waals surface area (Å²) in [5, 5.41) is 13.5. The quantitative estimate of drug-likeness (QED) is 0.614. The van der Waals surface area contributed by atoms with E-state index in [1.54, 1.807) is 0 Å². The van der Waals surface area contributed by atoms with Crippen LogP contribution in [0.1, 0.15) is 11.3 Å². The van der Waals surface area contributed by atoms with Crippen molar-refractivity contribution >= 4 is 11.4 Å². The van der Waals surface area contributed by atoms with Gasteiger partial charge in [-0.15, -0.1) is 5.10 Å². The molecule has 0 aliphatic carbocycles. The highest BCUT2D eigenvalue weighted by Gasteiger charge is 2.21. The molecule has 6 heteroatoms. The van der Waals surface area contributed by atoms with E-state index >= 15 is 0 Å². The number of fused-ring (bicyclic) bond motifs is 2. The Balaban J connectivity index is 1.81. The van der Waals surface area contributed by atoms with Gasteiger partial charge in [-0.1, -0.05) is 36.4 Å². The average Bonchev–Trinajstić information content (AvgIpc) is 3.23. The minimum absolute atomic E-state index is 0.495. The standard InChI is InChI=1S/C19H14N6/c20-19-13-10-14(22-23-15(13)11-21-19)17-16-8-4-5-9-25(16)24-18(17)12-6-2-1-3-7-12/h1-10H,11H2,(H2,20,21). The number of hydrogen-bond acceptors (Lipinski definition) is 5. The van der Waals surface area contributed by atoms with Crippen molar-refractivity contribution in [2.24, 2.45) is 10.7 Å². The number of nitrogens with two attached hydrogens (primary N) is 1. The van der Waals surface area contributed by atoms with E-state index in [4.69, 9.17) is 10.8 Å². The van der Waals surface area contributed by atoms with E-state index in [0.717, 1.165) is 39.3 Å². The van der Waals surface area contributed by atoms with Gasteiger partial charge in [-0.2, -0.15) is 10.2 Å². The summed E-state index contributed by atoms with van der Waals surface area (Å²) >= 11 is 0. The Morgan fingerprint density at radius 1 is 0.960 bits per heavy atom. The van der Waals surface area contributed by atoms with E-state index in [2.05, 4.69) is 15.2 Å². The number of aromatic nitrogens is 4. The molecule has 4 heterocycles. The largest absolute Gasteiger partial charge is 0.383 e. The highest BCUT2D eigenvalue weighted by Crippen LogP contribution is 2.34. The van der Waals surface area contributed by atoms with E-state index in [1.165, 1.54) is 0 Å². The second kappa shape index (κ2) is 5.24. The lowest BCUT2D eigenvalue weighted by Gasteiger charge is -2.05. The molecule has 120 valence electrons. The van der Waals surface area contributed by atoms with Crippen LogP contribution in [0.3, 0.4) is 0 Å². The van der Waals surface area contributed by atoms with Crippen LogP contribution in [0.2, 0.25) is 0 Å². The van der Waals surface area contributed by atoms with Gasteiger partial charge in [0, 0.05) is 17.3 Å². The lowest BCUT2D eigenvalue weighted by molar-refractivity contribution is 0.922. The summed E-state index contributed by atoms with van der Waals surface area (Å²) in [6.07, 6.45) is 1.93. The molecule has 6 nitrogen and oxygen atoms in total. The molecule has 0 saturated heterocycles. The summed E-state index contributed by atoms with van der Waals surface area (Å²) in [7, 11) is 0. The Hall–Kier alpha value is -3.54. The van der Waals surface area contributed by atoms with Crippen molar-refractivity contribution in [2.45, 2.75) is 6.54 Å². The molecule has 0 fully saturated rings. The van der Waals surface area contributed by atoms with Crippen LogP contribution in [0.25, 0.3) is 28.0 Å². The minimum atomic E-state index is 0.495. The average molecular weight is 326 g/mol. The number of nitrogens with zero attached hydrogens (tertiary/aromatic N) is 5. The third-order valence-corrected chi connectivity index (χ3v) is 4.39. The molecule has 3 aromatic heterocycles. The Bertz CT molecular complexity index is 1130. The van der Waals surface area contributed by atoms with Gasteiger partial charge < -0.3 is 5.73 Å². The molecule has 2 N–H and O–H groups in total. The maximum Gasteiger partial charge on any atom is 0.128 e. The fourth-order valence-corrected chi connectivity index (χ4v) is 3.17. The molecule has 25 heavy (non-hydrogen) atoms. The van der Waals surface area contributed by atoms with Crippen LogP contribution in [0.15, 0.2) is 65.8 Å². The van der Waals surface area contributed by atoms with Crippen LogP contribution in [0.5, 0.6) is 0 Å². The third kappa shape index (κ3) is 2.11. The third-order valence-electron chi connectivity index (χ3n) is 4.39. The first-order valence-electron chi connectivity index (χ1n) is 8.01. The topological polar surface area (TPSA) is 81.5 Å². The lowest BCUT2D eigenvalue weighted by Crippen LogP contribution is -2.11. The number of aliphatic imine (C=N–C) groups is 1. The van der Waals surface area contributed by atoms with Gasteiger partial charge >= 0.3 is 0 Å².